The minimum Gasteiger partial charge on any atom is -0.507 e. The van der Waals surface area contributed by atoms with Gasteiger partial charge < -0.3 is 14.6 Å². The summed E-state index contributed by atoms with van der Waals surface area (Å²) < 4.78 is 12.5. The van der Waals surface area contributed by atoms with Gasteiger partial charge in [0.25, 0.3) is 0 Å². The summed E-state index contributed by atoms with van der Waals surface area (Å²) in [6.07, 6.45) is 9.01. The lowest BCUT2D eigenvalue weighted by molar-refractivity contribution is 0.0312. The number of aromatic hydroxyl groups is 1. The molecule has 1 heterocycles. The molecule has 0 saturated carbocycles. The number of hydrogen-bond acceptors (Lipinski definition) is 6. The first kappa shape index (κ1) is 32.6. The second-order valence-corrected chi connectivity index (χ2v) is 12.8. The van der Waals surface area contributed by atoms with Crippen LogP contribution in [-0.4, -0.2) is 32.8 Å². The Balaban J connectivity index is 1.39. The number of hydrogen-bond donors (Lipinski definition) is 1. The maximum atomic E-state index is 11.3. The van der Waals surface area contributed by atoms with Crippen molar-refractivity contribution in [1.29, 1.82) is 0 Å². The first-order chi connectivity index (χ1) is 23.0. The summed E-state index contributed by atoms with van der Waals surface area (Å²) in [6.45, 7) is 9.77. The molecule has 6 aromatic rings. The monoisotopic (exact) mass is 629 g/mol. The smallest absolute Gasteiger partial charge is 0.320 e. The molecule has 0 radical (unpaired) electrons. The molecule has 6 heteroatoms. The van der Waals surface area contributed by atoms with Gasteiger partial charge in [-0.2, -0.15) is 9.97 Å². The maximum absolute atomic E-state index is 11.3. The zero-order chi connectivity index (χ0) is 32.8. The Labute approximate surface area is 278 Å². The molecule has 6 nitrogen and oxygen atoms in total. The lowest BCUT2D eigenvalue weighted by Gasteiger charge is -2.17. The average Bonchev–Trinajstić information content (AvgIpc) is 3.10. The summed E-state index contributed by atoms with van der Waals surface area (Å²) in [6, 6.07) is 25.3. The predicted octanol–water partition coefficient (Wildman–Crippen LogP) is 10.9. The van der Waals surface area contributed by atoms with Crippen LogP contribution in [-0.2, 0) is 11.3 Å². The van der Waals surface area contributed by atoms with Crippen LogP contribution >= 0.6 is 0 Å². The Bertz CT molecular complexity index is 1920. The van der Waals surface area contributed by atoms with Crippen LogP contribution in [0, 0.1) is 5.92 Å². The van der Waals surface area contributed by atoms with Crippen molar-refractivity contribution in [3.63, 3.8) is 0 Å². The normalized spacial score (nSPS) is 13.1. The van der Waals surface area contributed by atoms with E-state index in [0.717, 1.165) is 61.5 Å². The highest BCUT2D eigenvalue weighted by Gasteiger charge is 2.19. The second-order valence-electron chi connectivity index (χ2n) is 12.8. The molecule has 2 unspecified atom stereocenters. The van der Waals surface area contributed by atoms with E-state index in [4.69, 9.17) is 24.4 Å². The average molecular weight is 630 g/mol. The van der Waals surface area contributed by atoms with Gasteiger partial charge in [-0.05, 0) is 81.3 Å². The first-order valence-electron chi connectivity index (χ1n) is 17.5. The van der Waals surface area contributed by atoms with Crippen molar-refractivity contribution in [1.82, 2.24) is 15.0 Å². The first-order valence-corrected chi connectivity index (χ1v) is 17.5. The molecule has 1 N–H and O–H groups in total. The number of rotatable bonds is 16. The van der Waals surface area contributed by atoms with Crippen LogP contribution in [0.2, 0.25) is 0 Å². The Kier molecular flexibility index (Phi) is 10.5. The van der Waals surface area contributed by atoms with Crippen LogP contribution in [0.4, 0.5) is 0 Å². The van der Waals surface area contributed by atoms with Gasteiger partial charge in [-0.3, -0.25) is 0 Å². The molecule has 0 fully saturated rings. The molecule has 0 aliphatic heterocycles. The largest absolute Gasteiger partial charge is 0.507 e. The van der Waals surface area contributed by atoms with Crippen LogP contribution in [0.3, 0.4) is 0 Å². The molecule has 244 valence electrons. The lowest BCUT2D eigenvalue weighted by Crippen LogP contribution is -2.13. The molecule has 5 aromatic carbocycles. The minimum absolute atomic E-state index is 0.112. The number of ether oxygens (including phenoxy) is 2. The molecule has 0 spiro atoms. The van der Waals surface area contributed by atoms with E-state index in [1.165, 1.54) is 33.4 Å². The molecule has 0 bridgehead atoms. The van der Waals surface area contributed by atoms with Crippen molar-refractivity contribution in [3.05, 3.63) is 78.4 Å². The van der Waals surface area contributed by atoms with Crippen LogP contribution in [0.15, 0.2) is 72.8 Å². The summed E-state index contributed by atoms with van der Waals surface area (Å²) in [5, 5.41) is 18.4. The second kappa shape index (κ2) is 15.1. The van der Waals surface area contributed by atoms with E-state index in [2.05, 4.69) is 82.3 Å². The van der Waals surface area contributed by atoms with E-state index in [0.29, 0.717) is 36.3 Å². The molecular formula is C41H47N3O3. The zero-order valence-corrected chi connectivity index (χ0v) is 28.3. The van der Waals surface area contributed by atoms with Gasteiger partial charge in [0, 0.05) is 5.56 Å². The van der Waals surface area contributed by atoms with E-state index < -0.39 is 0 Å². The maximum Gasteiger partial charge on any atom is 0.320 e. The molecule has 0 saturated heterocycles. The van der Waals surface area contributed by atoms with Gasteiger partial charge in [0.15, 0.2) is 11.6 Å². The molecular weight excluding hydrogens is 582 g/mol. The fraction of sp³-hybridized carbons (Fsp3) is 0.390. The molecule has 2 atom stereocenters. The third-order valence-electron chi connectivity index (χ3n) is 9.50. The third kappa shape index (κ3) is 7.18. The fourth-order valence-corrected chi connectivity index (χ4v) is 6.59. The number of phenolic OH excluding ortho intramolecular Hbond substituents is 1. The molecule has 6 rings (SSSR count). The number of nitrogens with zero attached hydrogens (tertiary/aromatic N) is 3. The van der Waals surface area contributed by atoms with Crippen molar-refractivity contribution in [2.45, 2.75) is 91.8 Å². The highest BCUT2D eigenvalue weighted by molar-refractivity contribution is 6.25. The van der Waals surface area contributed by atoms with E-state index in [-0.39, 0.29) is 17.9 Å². The molecule has 0 amide bonds. The van der Waals surface area contributed by atoms with Gasteiger partial charge in [-0.15, -0.1) is 0 Å². The topological polar surface area (TPSA) is 77.4 Å². The number of benzene rings is 5. The molecule has 0 aliphatic rings. The number of unbranched alkanes of at least 4 members (excludes halogenated alkanes) is 2. The number of phenols is 1. The lowest BCUT2D eigenvalue weighted by atomic mass is 9.92. The van der Waals surface area contributed by atoms with Gasteiger partial charge in [-0.25, -0.2) is 4.98 Å². The van der Waals surface area contributed by atoms with Gasteiger partial charge in [0.1, 0.15) is 5.75 Å². The quantitative estimate of drug-likeness (QED) is 0.107. The van der Waals surface area contributed by atoms with Crippen molar-refractivity contribution < 1.29 is 14.6 Å². The highest BCUT2D eigenvalue weighted by atomic mass is 16.5. The summed E-state index contributed by atoms with van der Waals surface area (Å²) >= 11 is 0. The van der Waals surface area contributed by atoms with Crippen LogP contribution in [0.25, 0.3) is 55.1 Å². The van der Waals surface area contributed by atoms with Crippen molar-refractivity contribution in [3.8, 4) is 34.5 Å². The van der Waals surface area contributed by atoms with Crippen LogP contribution in [0.1, 0.15) is 84.6 Å². The van der Waals surface area contributed by atoms with Crippen LogP contribution < -0.4 is 4.74 Å². The summed E-state index contributed by atoms with van der Waals surface area (Å²) in [4.78, 5) is 14.6. The van der Waals surface area contributed by atoms with Gasteiger partial charge in [-0.1, -0.05) is 114 Å². The predicted molar refractivity (Wildman–Crippen MR) is 193 cm³/mol. The Morgan fingerprint density at radius 1 is 0.681 bits per heavy atom. The Morgan fingerprint density at radius 3 is 2.04 bits per heavy atom. The SMILES string of the molecule is CCCCC(CC)COc1nc(-c2ccc(COC(CC)CCCC)cc2O)nc(-c2ccc3ccc4cccc5ccc2c3c45)n1. The van der Waals surface area contributed by atoms with Crippen molar-refractivity contribution >= 4 is 32.3 Å². The van der Waals surface area contributed by atoms with E-state index in [1.807, 2.05) is 12.1 Å². The summed E-state index contributed by atoms with van der Waals surface area (Å²) in [5.74, 6) is 1.44. The molecule has 0 aliphatic carbocycles. The van der Waals surface area contributed by atoms with E-state index in [9.17, 15) is 5.11 Å². The fourth-order valence-electron chi connectivity index (χ4n) is 6.59. The third-order valence-corrected chi connectivity index (χ3v) is 9.50. The van der Waals surface area contributed by atoms with Gasteiger partial charge in [0.2, 0.25) is 0 Å². The molecule has 47 heavy (non-hydrogen) atoms. The van der Waals surface area contributed by atoms with Gasteiger partial charge in [0.05, 0.1) is 24.9 Å². The van der Waals surface area contributed by atoms with Gasteiger partial charge >= 0.3 is 6.01 Å². The van der Waals surface area contributed by atoms with Crippen molar-refractivity contribution in [2.24, 2.45) is 5.92 Å². The zero-order valence-electron chi connectivity index (χ0n) is 28.3. The Hall–Kier alpha value is -4.29. The number of aromatic nitrogens is 3. The molecule has 1 aromatic heterocycles. The highest BCUT2D eigenvalue weighted by Crippen LogP contribution is 2.39. The summed E-state index contributed by atoms with van der Waals surface area (Å²) in [7, 11) is 0. The standard InChI is InChI=1S/C41H47N3O3/c1-5-9-12-27(7-3)25-47-41-43-39(34-23-20-31-18-17-29-13-11-14-30-19-22-33(34)38(31)37(29)30)42-40(44-41)35-21-16-28(24-36(35)45)26-46-32(8-4)15-10-6-2/h11,13-14,16-24,27,32,45H,5-10,12,15,25-26H2,1-4H3. The van der Waals surface area contributed by atoms with E-state index in [1.54, 1.807) is 6.07 Å². The minimum atomic E-state index is 0.112. The van der Waals surface area contributed by atoms with E-state index >= 15 is 0 Å². The summed E-state index contributed by atoms with van der Waals surface area (Å²) in [5.41, 5.74) is 2.36. The van der Waals surface area contributed by atoms with Crippen LogP contribution in [0.5, 0.6) is 11.8 Å². The van der Waals surface area contributed by atoms with Crippen molar-refractivity contribution in [2.75, 3.05) is 6.61 Å². The Morgan fingerprint density at radius 2 is 1.34 bits per heavy atom.